The van der Waals surface area contributed by atoms with Gasteiger partial charge in [0, 0.05) is 12.1 Å². The van der Waals surface area contributed by atoms with Gasteiger partial charge in [0.05, 0.1) is 9.85 Å². The first kappa shape index (κ1) is 16.2. The molecular formula is C15H16N4O4. The number of rotatable bonds is 5. The van der Waals surface area contributed by atoms with Gasteiger partial charge >= 0.3 is 0 Å². The molecule has 8 nitrogen and oxygen atoms in total. The third-order valence-electron chi connectivity index (χ3n) is 3.49. The summed E-state index contributed by atoms with van der Waals surface area (Å²) in [7, 11) is 0. The smallest absolute Gasteiger partial charge is 0.294 e. The van der Waals surface area contributed by atoms with Crippen molar-refractivity contribution in [3.05, 3.63) is 67.3 Å². The molecule has 0 bridgehead atoms. The highest BCUT2D eigenvalue weighted by molar-refractivity contribution is 5.70. The van der Waals surface area contributed by atoms with E-state index in [9.17, 15) is 20.2 Å². The van der Waals surface area contributed by atoms with E-state index in [1.54, 1.807) is 32.0 Å². The highest BCUT2D eigenvalue weighted by Gasteiger charge is 2.17. The van der Waals surface area contributed by atoms with E-state index in [1.165, 1.54) is 12.1 Å². The van der Waals surface area contributed by atoms with Crippen LogP contribution in [0.25, 0.3) is 0 Å². The second kappa shape index (κ2) is 6.30. The number of aryl methyl sites for hydroxylation is 3. The third-order valence-corrected chi connectivity index (χ3v) is 3.49. The molecule has 0 spiro atoms. The summed E-state index contributed by atoms with van der Waals surface area (Å²) in [6, 6.07) is 7.69. The van der Waals surface area contributed by atoms with E-state index in [0.29, 0.717) is 0 Å². The molecule has 0 aromatic heterocycles. The topological polar surface area (TPSA) is 110 Å². The number of nitrogens with one attached hydrogen (secondary N) is 2. The van der Waals surface area contributed by atoms with Gasteiger partial charge in [-0.05, 0) is 49.6 Å². The lowest BCUT2D eigenvalue weighted by Gasteiger charge is -2.12. The Bertz CT molecular complexity index is 789. The monoisotopic (exact) mass is 316 g/mol. The SMILES string of the molecule is Cc1ccc([N+](=O)[O-])c(NNc2cc(C)c(C)cc2[N+](=O)[O-])c1. The molecule has 2 N–H and O–H groups in total. The maximum atomic E-state index is 11.2. The van der Waals surface area contributed by atoms with Crippen LogP contribution in [0, 0.1) is 41.0 Å². The van der Waals surface area contributed by atoms with Crippen LogP contribution >= 0.6 is 0 Å². The second-order valence-electron chi connectivity index (χ2n) is 5.24. The number of nitrogens with zero attached hydrogens (tertiary/aromatic N) is 2. The van der Waals surface area contributed by atoms with Crippen molar-refractivity contribution in [2.75, 3.05) is 10.9 Å². The van der Waals surface area contributed by atoms with Gasteiger partial charge in [0.2, 0.25) is 0 Å². The van der Waals surface area contributed by atoms with Gasteiger partial charge in [-0.25, -0.2) is 0 Å². The van der Waals surface area contributed by atoms with Gasteiger partial charge in [0.1, 0.15) is 11.4 Å². The van der Waals surface area contributed by atoms with Crippen molar-refractivity contribution in [3.63, 3.8) is 0 Å². The molecule has 0 aliphatic heterocycles. The Labute approximate surface area is 132 Å². The number of hydrogen-bond donors (Lipinski definition) is 2. The minimum Gasteiger partial charge on any atom is -0.294 e. The van der Waals surface area contributed by atoms with Crippen LogP contribution in [0.1, 0.15) is 16.7 Å². The van der Waals surface area contributed by atoms with Gasteiger partial charge in [-0.15, -0.1) is 0 Å². The second-order valence-corrected chi connectivity index (χ2v) is 5.24. The number of anilines is 2. The number of nitro groups is 2. The van der Waals surface area contributed by atoms with E-state index in [2.05, 4.69) is 10.9 Å². The zero-order chi connectivity index (χ0) is 17.1. The standard InChI is InChI=1S/C15H16N4O4/c1-9-4-5-14(18(20)21)12(6-9)16-17-13-7-10(2)11(3)8-15(13)19(22)23/h4-8,16-17H,1-3H3. The Hall–Kier alpha value is -3.16. The fourth-order valence-corrected chi connectivity index (χ4v) is 2.10. The van der Waals surface area contributed by atoms with Crippen LogP contribution < -0.4 is 10.9 Å². The maximum absolute atomic E-state index is 11.2. The molecule has 0 aliphatic carbocycles. The molecule has 2 aromatic carbocycles. The van der Waals surface area contributed by atoms with Crippen LogP contribution in [0.15, 0.2) is 30.3 Å². The van der Waals surface area contributed by atoms with Crippen molar-refractivity contribution in [3.8, 4) is 0 Å². The Morgan fingerprint density at radius 2 is 1.30 bits per heavy atom. The van der Waals surface area contributed by atoms with Crippen LogP contribution in [0.4, 0.5) is 22.7 Å². The Morgan fingerprint density at radius 3 is 1.87 bits per heavy atom. The van der Waals surface area contributed by atoms with Crippen molar-refractivity contribution in [1.29, 1.82) is 0 Å². The maximum Gasteiger partial charge on any atom is 0.294 e. The van der Waals surface area contributed by atoms with E-state index in [-0.39, 0.29) is 22.7 Å². The van der Waals surface area contributed by atoms with E-state index in [4.69, 9.17) is 0 Å². The molecule has 2 rings (SSSR count). The van der Waals surface area contributed by atoms with E-state index < -0.39 is 9.85 Å². The van der Waals surface area contributed by atoms with Crippen molar-refractivity contribution in [1.82, 2.24) is 0 Å². The molecule has 120 valence electrons. The average Bonchev–Trinajstić information content (AvgIpc) is 2.47. The molecule has 8 heteroatoms. The highest BCUT2D eigenvalue weighted by Crippen LogP contribution is 2.30. The molecule has 0 fully saturated rings. The van der Waals surface area contributed by atoms with E-state index >= 15 is 0 Å². The summed E-state index contributed by atoms with van der Waals surface area (Å²) in [6.07, 6.45) is 0. The molecule has 2 aromatic rings. The van der Waals surface area contributed by atoms with Crippen LogP contribution in [-0.2, 0) is 0 Å². The number of benzene rings is 2. The van der Waals surface area contributed by atoms with Crippen LogP contribution in [0.3, 0.4) is 0 Å². The predicted molar refractivity (Wildman–Crippen MR) is 87.6 cm³/mol. The zero-order valence-corrected chi connectivity index (χ0v) is 12.9. The molecule has 0 radical (unpaired) electrons. The van der Waals surface area contributed by atoms with Crippen LogP contribution in [-0.4, -0.2) is 9.85 Å². The minimum absolute atomic E-state index is 0.101. The zero-order valence-electron chi connectivity index (χ0n) is 12.9. The number of hydrogen-bond acceptors (Lipinski definition) is 6. The lowest BCUT2D eigenvalue weighted by molar-refractivity contribution is -0.384. The molecule has 23 heavy (non-hydrogen) atoms. The first-order valence-electron chi connectivity index (χ1n) is 6.82. The Kier molecular flexibility index (Phi) is 4.44. The molecule has 0 aliphatic rings. The fourth-order valence-electron chi connectivity index (χ4n) is 2.10. The summed E-state index contributed by atoms with van der Waals surface area (Å²) < 4.78 is 0. The number of nitro benzene ring substituents is 2. The summed E-state index contributed by atoms with van der Waals surface area (Å²) in [4.78, 5) is 21.2. The lowest BCUT2D eigenvalue weighted by Crippen LogP contribution is -2.12. The predicted octanol–water partition coefficient (Wildman–Crippen LogP) is 3.87. The van der Waals surface area contributed by atoms with Crippen molar-refractivity contribution in [2.24, 2.45) is 0 Å². The number of hydrazine groups is 1. The molecular weight excluding hydrogens is 300 g/mol. The van der Waals surface area contributed by atoms with E-state index in [0.717, 1.165) is 16.7 Å². The lowest BCUT2D eigenvalue weighted by atomic mass is 10.1. The summed E-state index contributed by atoms with van der Waals surface area (Å²) in [5.74, 6) is 0. The van der Waals surface area contributed by atoms with Gasteiger partial charge in [-0.3, -0.25) is 31.1 Å². The quantitative estimate of drug-likeness (QED) is 0.640. The Balaban J connectivity index is 2.35. The average molecular weight is 316 g/mol. The van der Waals surface area contributed by atoms with Gasteiger partial charge in [0.15, 0.2) is 0 Å². The molecule has 0 saturated heterocycles. The van der Waals surface area contributed by atoms with Gasteiger partial charge in [-0.2, -0.15) is 0 Å². The van der Waals surface area contributed by atoms with Crippen LogP contribution in [0.5, 0.6) is 0 Å². The van der Waals surface area contributed by atoms with Gasteiger partial charge in [0.25, 0.3) is 11.4 Å². The third kappa shape index (κ3) is 3.54. The summed E-state index contributed by atoms with van der Waals surface area (Å²) in [6.45, 7) is 5.41. The van der Waals surface area contributed by atoms with Crippen LogP contribution in [0.2, 0.25) is 0 Å². The fraction of sp³-hybridized carbons (Fsp3) is 0.200. The van der Waals surface area contributed by atoms with Crippen molar-refractivity contribution >= 4 is 22.7 Å². The normalized spacial score (nSPS) is 10.2. The molecule has 0 unspecified atom stereocenters. The van der Waals surface area contributed by atoms with Gasteiger partial charge in [-0.1, -0.05) is 6.07 Å². The summed E-state index contributed by atoms with van der Waals surface area (Å²) >= 11 is 0. The highest BCUT2D eigenvalue weighted by atomic mass is 16.6. The molecule has 0 saturated carbocycles. The summed E-state index contributed by atoms with van der Waals surface area (Å²) in [5, 5.41) is 22.2. The minimum atomic E-state index is -0.516. The van der Waals surface area contributed by atoms with Crippen molar-refractivity contribution < 1.29 is 9.85 Å². The van der Waals surface area contributed by atoms with E-state index in [1.807, 2.05) is 6.92 Å². The summed E-state index contributed by atoms with van der Waals surface area (Å²) in [5.41, 5.74) is 8.17. The largest absolute Gasteiger partial charge is 0.294 e. The Morgan fingerprint density at radius 1 is 0.783 bits per heavy atom. The molecule has 0 atom stereocenters. The molecule has 0 heterocycles. The first-order chi connectivity index (χ1) is 10.8. The first-order valence-corrected chi connectivity index (χ1v) is 6.82. The van der Waals surface area contributed by atoms with Gasteiger partial charge < -0.3 is 0 Å². The van der Waals surface area contributed by atoms with Crippen molar-refractivity contribution in [2.45, 2.75) is 20.8 Å². The molecule has 0 amide bonds.